The smallest absolute Gasteiger partial charge is 0.408 e. The molecular formula is C13H9N3O3. The van der Waals surface area contributed by atoms with E-state index in [4.69, 9.17) is 4.42 Å². The highest BCUT2D eigenvalue weighted by molar-refractivity contribution is 6.05. The van der Waals surface area contributed by atoms with Crippen LogP contribution in [-0.4, -0.2) is 15.9 Å². The van der Waals surface area contributed by atoms with Crippen LogP contribution in [0.5, 0.6) is 0 Å². The van der Waals surface area contributed by atoms with Crippen LogP contribution in [0.25, 0.3) is 11.1 Å². The van der Waals surface area contributed by atoms with E-state index in [2.05, 4.69) is 15.3 Å². The van der Waals surface area contributed by atoms with Crippen molar-refractivity contribution in [3.8, 4) is 0 Å². The number of aromatic nitrogens is 2. The van der Waals surface area contributed by atoms with E-state index in [-0.39, 0.29) is 5.91 Å². The largest absolute Gasteiger partial charge is 0.417 e. The predicted molar refractivity (Wildman–Crippen MR) is 69.0 cm³/mol. The summed E-state index contributed by atoms with van der Waals surface area (Å²) in [4.78, 5) is 29.5. The summed E-state index contributed by atoms with van der Waals surface area (Å²) in [5, 5.41) is 2.66. The maximum atomic E-state index is 12.0. The Labute approximate surface area is 107 Å². The average Bonchev–Trinajstić information content (AvgIpc) is 2.78. The number of benzene rings is 1. The summed E-state index contributed by atoms with van der Waals surface area (Å²) < 4.78 is 4.87. The number of H-pyrrole nitrogens is 1. The number of amides is 1. The van der Waals surface area contributed by atoms with E-state index < -0.39 is 5.76 Å². The van der Waals surface area contributed by atoms with E-state index in [1.54, 1.807) is 42.6 Å². The Bertz CT molecular complexity index is 790. The number of oxazole rings is 1. The molecule has 6 nitrogen and oxygen atoms in total. The molecule has 0 fully saturated rings. The Morgan fingerprint density at radius 2 is 2.16 bits per heavy atom. The van der Waals surface area contributed by atoms with Gasteiger partial charge in [-0.2, -0.15) is 0 Å². The second-order valence-electron chi connectivity index (χ2n) is 3.89. The molecule has 0 atom stereocenters. The molecule has 0 saturated carbocycles. The lowest BCUT2D eigenvalue weighted by molar-refractivity contribution is 0.102. The molecule has 2 aromatic heterocycles. The fourth-order valence-corrected chi connectivity index (χ4v) is 1.72. The van der Waals surface area contributed by atoms with Crippen LogP contribution >= 0.6 is 0 Å². The zero-order chi connectivity index (χ0) is 13.2. The van der Waals surface area contributed by atoms with E-state index >= 15 is 0 Å². The minimum absolute atomic E-state index is 0.303. The molecular weight excluding hydrogens is 246 g/mol. The Morgan fingerprint density at radius 1 is 1.26 bits per heavy atom. The van der Waals surface area contributed by atoms with E-state index in [0.29, 0.717) is 22.5 Å². The summed E-state index contributed by atoms with van der Waals surface area (Å²) in [6.07, 6.45) is 1.59. The van der Waals surface area contributed by atoms with Gasteiger partial charge in [-0.15, -0.1) is 0 Å². The zero-order valence-corrected chi connectivity index (χ0v) is 9.71. The molecule has 94 valence electrons. The number of nitrogens with zero attached hydrogens (tertiary/aromatic N) is 1. The van der Waals surface area contributed by atoms with Gasteiger partial charge >= 0.3 is 5.76 Å². The van der Waals surface area contributed by atoms with Crippen molar-refractivity contribution >= 4 is 22.8 Å². The van der Waals surface area contributed by atoms with E-state index in [9.17, 15) is 9.59 Å². The highest BCUT2D eigenvalue weighted by atomic mass is 16.4. The topological polar surface area (TPSA) is 88.0 Å². The molecule has 0 unspecified atom stereocenters. The van der Waals surface area contributed by atoms with Gasteiger partial charge in [-0.1, -0.05) is 6.07 Å². The molecule has 19 heavy (non-hydrogen) atoms. The summed E-state index contributed by atoms with van der Waals surface area (Å²) in [5.74, 6) is -0.381. The van der Waals surface area contributed by atoms with Gasteiger partial charge < -0.3 is 9.73 Å². The number of carbonyl (C=O) groups excluding carboxylic acids is 1. The fraction of sp³-hybridized carbons (Fsp3) is 0. The lowest BCUT2D eigenvalue weighted by Crippen LogP contribution is -2.12. The first-order valence-corrected chi connectivity index (χ1v) is 5.58. The van der Waals surface area contributed by atoms with Gasteiger partial charge in [-0.25, -0.2) is 9.78 Å². The van der Waals surface area contributed by atoms with Crippen LogP contribution in [0, 0.1) is 0 Å². The lowest BCUT2D eigenvalue weighted by atomic mass is 10.2. The van der Waals surface area contributed by atoms with Crippen LogP contribution in [0.1, 0.15) is 10.4 Å². The highest BCUT2D eigenvalue weighted by Crippen LogP contribution is 2.13. The molecule has 2 N–H and O–H groups in total. The number of rotatable bonds is 2. The monoisotopic (exact) mass is 255 g/mol. The van der Waals surface area contributed by atoms with E-state index in [1.165, 1.54) is 0 Å². The van der Waals surface area contributed by atoms with Gasteiger partial charge in [0.15, 0.2) is 5.58 Å². The van der Waals surface area contributed by atoms with Gasteiger partial charge in [0.2, 0.25) is 0 Å². The number of hydrogen-bond donors (Lipinski definition) is 2. The number of pyridine rings is 1. The molecule has 6 heteroatoms. The number of carbonyl (C=O) groups is 1. The van der Waals surface area contributed by atoms with Crippen molar-refractivity contribution in [2.24, 2.45) is 0 Å². The van der Waals surface area contributed by atoms with E-state index in [1.807, 2.05) is 0 Å². The number of anilines is 1. The molecule has 0 radical (unpaired) electrons. The number of aromatic amines is 1. The Balaban J connectivity index is 1.91. The van der Waals surface area contributed by atoms with Gasteiger partial charge in [-0.3, -0.25) is 9.78 Å². The summed E-state index contributed by atoms with van der Waals surface area (Å²) in [6.45, 7) is 0. The molecule has 0 spiro atoms. The maximum Gasteiger partial charge on any atom is 0.417 e. The fourth-order valence-electron chi connectivity index (χ4n) is 1.72. The van der Waals surface area contributed by atoms with Gasteiger partial charge in [-0.05, 0) is 30.3 Å². The normalized spacial score (nSPS) is 10.5. The molecule has 0 bridgehead atoms. The van der Waals surface area contributed by atoms with Gasteiger partial charge in [0.1, 0.15) is 5.82 Å². The zero-order valence-electron chi connectivity index (χ0n) is 9.71. The van der Waals surface area contributed by atoms with Gasteiger partial charge in [0, 0.05) is 11.8 Å². The summed E-state index contributed by atoms with van der Waals surface area (Å²) in [7, 11) is 0. The van der Waals surface area contributed by atoms with Crippen molar-refractivity contribution in [2.75, 3.05) is 5.32 Å². The molecule has 0 aliphatic heterocycles. The first-order chi connectivity index (χ1) is 9.22. The number of hydrogen-bond acceptors (Lipinski definition) is 4. The predicted octanol–water partition coefficient (Wildman–Crippen LogP) is 1.77. The van der Waals surface area contributed by atoms with E-state index in [0.717, 1.165) is 0 Å². The Hall–Kier alpha value is -2.89. The third-order valence-corrected chi connectivity index (χ3v) is 2.59. The lowest BCUT2D eigenvalue weighted by Gasteiger charge is -2.03. The van der Waals surface area contributed by atoms with Crippen molar-refractivity contribution in [2.45, 2.75) is 0 Å². The molecule has 0 aliphatic rings. The number of fused-ring (bicyclic) bond motifs is 1. The SMILES string of the molecule is O=C(Nc1ccccn1)c1ccc2oc(=O)[nH]c2c1. The molecule has 2 heterocycles. The highest BCUT2D eigenvalue weighted by Gasteiger charge is 2.09. The first-order valence-electron chi connectivity index (χ1n) is 5.58. The quantitative estimate of drug-likeness (QED) is 0.730. The third-order valence-electron chi connectivity index (χ3n) is 2.59. The molecule has 0 aliphatic carbocycles. The minimum Gasteiger partial charge on any atom is -0.408 e. The van der Waals surface area contributed by atoms with Crippen LogP contribution < -0.4 is 11.1 Å². The minimum atomic E-state index is -0.544. The van der Waals surface area contributed by atoms with Crippen LogP contribution in [0.15, 0.2) is 51.8 Å². The molecule has 0 saturated heterocycles. The van der Waals surface area contributed by atoms with Crippen molar-refractivity contribution in [3.63, 3.8) is 0 Å². The van der Waals surface area contributed by atoms with Gasteiger partial charge in [0.05, 0.1) is 5.52 Å². The van der Waals surface area contributed by atoms with Gasteiger partial charge in [0.25, 0.3) is 5.91 Å². The van der Waals surface area contributed by atoms with Crippen LogP contribution in [0.2, 0.25) is 0 Å². The molecule has 1 amide bonds. The molecule has 3 aromatic rings. The second-order valence-corrected chi connectivity index (χ2v) is 3.89. The Morgan fingerprint density at radius 3 is 2.95 bits per heavy atom. The maximum absolute atomic E-state index is 12.0. The Kier molecular flexibility index (Phi) is 2.60. The van der Waals surface area contributed by atoms with Crippen molar-refractivity contribution < 1.29 is 9.21 Å². The van der Waals surface area contributed by atoms with Crippen LogP contribution in [0.3, 0.4) is 0 Å². The first kappa shape index (κ1) is 11.2. The third kappa shape index (κ3) is 2.23. The summed E-state index contributed by atoms with van der Waals surface area (Å²) >= 11 is 0. The second kappa shape index (κ2) is 4.41. The average molecular weight is 255 g/mol. The van der Waals surface area contributed by atoms with Crippen molar-refractivity contribution in [1.29, 1.82) is 0 Å². The van der Waals surface area contributed by atoms with Crippen LogP contribution in [0.4, 0.5) is 5.82 Å². The van der Waals surface area contributed by atoms with Crippen molar-refractivity contribution in [3.05, 3.63) is 58.7 Å². The van der Waals surface area contributed by atoms with Crippen LogP contribution in [-0.2, 0) is 0 Å². The molecule has 1 aromatic carbocycles. The summed E-state index contributed by atoms with van der Waals surface area (Å²) in [5.41, 5.74) is 1.31. The van der Waals surface area contributed by atoms with Crippen molar-refractivity contribution in [1.82, 2.24) is 9.97 Å². The molecule has 3 rings (SSSR count). The summed E-state index contributed by atoms with van der Waals surface area (Å²) in [6, 6.07) is 9.93. The standard InChI is InChI=1S/C13H9N3O3/c17-12(16-11-3-1-2-6-14-11)8-4-5-10-9(7-8)15-13(18)19-10/h1-7H,(H,15,18)(H,14,16,17). The number of nitrogens with one attached hydrogen (secondary N) is 2.